The van der Waals surface area contributed by atoms with Crippen LogP contribution in [0, 0.1) is 0 Å². The van der Waals surface area contributed by atoms with Gasteiger partial charge in [0, 0.05) is 16.8 Å². The number of hydrogen-bond acceptors (Lipinski definition) is 4. The highest BCUT2D eigenvalue weighted by atomic mass is 35.5. The first-order chi connectivity index (χ1) is 15.5. The number of carbonyl (C=O) groups is 1. The number of carbonyl (C=O) groups excluding carboxylic acids is 1. The van der Waals surface area contributed by atoms with E-state index in [1.807, 2.05) is 60.7 Å². The number of aromatic hydroxyl groups is 1. The molecular weight excluding hydrogens is 426 g/mol. The van der Waals surface area contributed by atoms with Crippen LogP contribution in [-0.2, 0) is 0 Å². The fourth-order valence-electron chi connectivity index (χ4n) is 3.66. The van der Waals surface area contributed by atoms with Gasteiger partial charge < -0.3 is 5.11 Å². The summed E-state index contributed by atoms with van der Waals surface area (Å²) >= 11 is 5.99. The second-order valence-electron chi connectivity index (χ2n) is 7.19. The lowest BCUT2D eigenvalue weighted by molar-refractivity contribution is 0.103. The van der Waals surface area contributed by atoms with Crippen molar-refractivity contribution >= 4 is 28.4 Å². The summed E-state index contributed by atoms with van der Waals surface area (Å²) in [4.78, 5) is 31.0. The molecule has 0 amide bonds. The van der Waals surface area contributed by atoms with Crippen molar-refractivity contribution in [3.8, 4) is 17.1 Å². The average Bonchev–Trinajstić information content (AvgIpc) is 3.13. The Morgan fingerprint density at radius 3 is 2.12 bits per heavy atom. The third-order valence-electron chi connectivity index (χ3n) is 5.16. The van der Waals surface area contributed by atoms with Crippen LogP contribution >= 0.6 is 11.6 Å². The average molecular weight is 442 g/mol. The smallest absolute Gasteiger partial charge is 0.281 e. The van der Waals surface area contributed by atoms with Gasteiger partial charge in [0.2, 0.25) is 0 Å². The third-order valence-corrected chi connectivity index (χ3v) is 5.39. The van der Waals surface area contributed by atoms with Crippen LogP contribution in [0.15, 0.2) is 95.9 Å². The molecule has 7 heteroatoms. The maximum absolute atomic E-state index is 13.5. The summed E-state index contributed by atoms with van der Waals surface area (Å²) in [5.41, 5.74) is 1.74. The molecule has 0 aliphatic rings. The Bertz CT molecular complexity index is 1520. The number of para-hydroxylation sites is 2. The monoisotopic (exact) mass is 441 g/mol. The van der Waals surface area contributed by atoms with Crippen LogP contribution < -0.4 is 5.56 Å². The molecule has 0 bridgehead atoms. The predicted octanol–water partition coefficient (Wildman–Crippen LogP) is 4.77. The number of hydrogen-bond donors (Lipinski definition) is 1. The van der Waals surface area contributed by atoms with Crippen LogP contribution in [0.2, 0.25) is 5.02 Å². The molecule has 156 valence electrons. The zero-order valence-corrected chi connectivity index (χ0v) is 17.4. The number of halogens is 1. The zero-order valence-electron chi connectivity index (χ0n) is 16.6. The highest BCUT2D eigenvalue weighted by Crippen LogP contribution is 2.26. The number of pyridine rings is 1. The summed E-state index contributed by atoms with van der Waals surface area (Å²) in [5.74, 6) is -0.666. The minimum absolute atomic E-state index is 0.0459. The number of ketones is 1. The minimum Gasteiger partial charge on any atom is -0.507 e. The summed E-state index contributed by atoms with van der Waals surface area (Å²) in [6.45, 7) is 0. The first-order valence-electron chi connectivity index (χ1n) is 9.82. The van der Waals surface area contributed by atoms with Crippen molar-refractivity contribution in [1.82, 2.24) is 14.3 Å². The van der Waals surface area contributed by atoms with Crippen molar-refractivity contribution < 1.29 is 9.90 Å². The molecule has 0 saturated carbocycles. The Morgan fingerprint density at radius 2 is 1.47 bits per heavy atom. The Hall–Kier alpha value is -4.16. The maximum atomic E-state index is 13.5. The lowest BCUT2D eigenvalue weighted by atomic mass is 10.0. The lowest BCUT2D eigenvalue weighted by Gasteiger charge is -2.12. The molecule has 0 radical (unpaired) electrons. The van der Waals surface area contributed by atoms with Crippen molar-refractivity contribution in [2.24, 2.45) is 0 Å². The Morgan fingerprint density at radius 1 is 0.844 bits per heavy atom. The molecule has 0 aliphatic carbocycles. The van der Waals surface area contributed by atoms with E-state index >= 15 is 0 Å². The SMILES string of the molecule is O=C(c1cnc2c(c1)c(=O)n(-c1ccccc1)n2-c1ccccc1)c1cc(Cl)ccc1O. The number of aromatic nitrogens is 3. The number of phenolic OH excluding ortho intramolecular Hbond substituents is 1. The molecule has 2 aromatic heterocycles. The van der Waals surface area contributed by atoms with E-state index in [-0.39, 0.29) is 27.8 Å². The molecule has 0 atom stereocenters. The van der Waals surface area contributed by atoms with Gasteiger partial charge in [-0.1, -0.05) is 48.0 Å². The van der Waals surface area contributed by atoms with Crippen molar-refractivity contribution in [3.05, 3.63) is 118 Å². The van der Waals surface area contributed by atoms with E-state index in [1.165, 1.54) is 35.1 Å². The Labute approximate surface area is 187 Å². The van der Waals surface area contributed by atoms with Gasteiger partial charge in [-0.15, -0.1) is 0 Å². The van der Waals surface area contributed by atoms with Gasteiger partial charge in [0.05, 0.1) is 22.3 Å². The summed E-state index contributed by atoms with van der Waals surface area (Å²) < 4.78 is 3.25. The standard InChI is InChI=1S/C25H16ClN3O3/c26-17-11-12-22(30)20(14-17)23(31)16-13-21-24(27-15-16)28(18-7-3-1-4-8-18)29(25(21)32)19-9-5-2-6-10-19/h1-15,30H. The van der Waals surface area contributed by atoms with E-state index in [0.717, 1.165) is 5.69 Å². The molecule has 5 rings (SSSR count). The van der Waals surface area contributed by atoms with Gasteiger partial charge in [-0.2, -0.15) is 0 Å². The zero-order chi connectivity index (χ0) is 22.2. The molecule has 1 N–H and O–H groups in total. The predicted molar refractivity (Wildman–Crippen MR) is 123 cm³/mol. The number of benzene rings is 3. The van der Waals surface area contributed by atoms with Crippen molar-refractivity contribution in [3.63, 3.8) is 0 Å². The first-order valence-corrected chi connectivity index (χ1v) is 10.2. The second kappa shape index (κ2) is 7.83. The van der Waals surface area contributed by atoms with Gasteiger partial charge in [0.25, 0.3) is 5.56 Å². The fourth-order valence-corrected chi connectivity index (χ4v) is 3.83. The van der Waals surface area contributed by atoms with E-state index < -0.39 is 5.78 Å². The van der Waals surface area contributed by atoms with Crippen LogP contribution in [0.3, 0.4) is 0 Å². The van der Waals surface area contributed by atoms with Gasteiger partial charge in [-0.05, 0) is 48.5 Å². The molecule has 0 fully saturated rings. The van der Waals surface area contributed by atoms with Crippen LogP contribution in [-0.4, -0.2) is 25.2 Å². The van der Waals surface area contributed by atoms with E-state index in [9.17, 15) is 14.7 Å². The molecule has 0 spiro atoms. The number of nitrogens with zero attached hydrogens (tertiary/aromatic N) is 3. The first kappa shape index (κ1) is 19.8. The van der Waals surface area contributed by atoms with Gasteiger partial charge >= 0.3 is 0 Å². The molecule has 0 saturated heterocycles. The number of phenols is 1. The third kappa shape index (κ3) is 3.27. The molecule has 2 heterocycles. The minimum atomic E-state index is -0.475. The molecule has 0 aliphatic heterocycles. The molecule has 5 aromatic rings. The van der Waals surface area contributed by atoms with Gasteiger partial charge in [0.1, 0.15) is 5.75 Å². The van der Waals surface area contributed by atoms with Crippen molar-refractivity contribution in [2.75, 3.05) is 0 Å². The lowest BCUT2D eigenvalue weighted by Crippen LogP contribution is -2.20. The largest absolute Gasteiger partial charge is 0.507 e. The van der Waals surface area contributed by atoms with E-state index in [2.05, 4.69) is 4.98 Å². The van der Waals surface area contributed by atoms with E-state index in [0.29, 0.717) is 16.4 Å². The number of fused-ring (bicyclic) bond motifs is 1. The fraction of sp³-hybridized carbons (Fsp3) is 0. The maximum Gasteiger partial charge on any atom is 0.281 e. The van der Waals surface area contributed by atoms with Crippen molar-refractivity contribution in [2.45, 2.75) is 0 Å². The van der Waals surface area contributed by atoms with E-state index in [4.69, 9.17) is 11.6 Å². The summed E-state index contributed by atoms with van der Waals surface area (Å²) in [7, 11) is 0. The molecule has 0 unspecified atom stereocenters. The summed E-state index contributed by atoms with van der Waals surface area (Å²) in [6, 6.07) is 24.4. The van der Waals surface area contributed by atoms with Crippen molar-refractivity contribution in [1.29, 1.82) is 0 Å². The highest BCUT2D eigenvalue weighted by molar-refractivity contribution is 6.31. The molecule has 3 aromatic carbocycles. The summed E-state index contributed by atoms with van der Waals surface area (Å²) in [6.07, 6.45) is 1.40. The Kier molecular flexibility index (Phi) is 4.84. The molecular formula is C25H16ClN3O3. The molecule has 32 heavy (non-hydrogen) atoms. The van der Waals surface area contributed by atoms with Crippen LogP contribution in [0.25, 0.3) is 22.4 Å². The molecule has 6 nitrogen and oxygen atoms in total. The van der Waals surface area contributed by atoms with Gasteiger partial charge in [-0.3, -0.25) is 9.59 Å². The summed E-state index contributed by atoms with van der Waals surface area (Å²) in [5, 5.41) is 10.7. The second-order valence-corrected chi connectivity index (χ2v) is 7.62. The van der Waals surface area contributed by atoms with Gasteiger partial charge in [-0.25, -0.2) is 14.3 Å². The highest BCUT2D eigenvalue weighted by Gasteiger charge is 2.21. The number of rotatable bonds is 4. The van der Waals surface area contributed by atoms with Gasteiger partial charge in [0.15, 0.2) is 11.4 Å². The van der Waals surface area contributed by atoms with Crippen LogP contribution in [0.4, 0.5) is 0 Å². The Balaban J connectivity index is 1.76. The van der Waals surface area contributed by atoms with Crippen LogP contribution in [0.5, 0.6) is 5.75 Å². The quantitative estimate of drug-likeness (QED) is 0.408. The van der Waals surface area contributed by atoms with E-state index in [1.54, 1.807) is 4.68 Å². The normalized spacial score (nSPS) is 11.0. The topological polar surface area (TPSA) is 77.1 Å². The van der Waals surface area contributed by atoms with Crippen LogP contribution in [0.1, 0.15) is 15.9 Å².